The van der Waals surface area contributed by atoms with E-state index in [-0.39, 0.29) is 30.2 Å². The molecule has 2 N–H and O–H groups in total. The van der Waals surface area contributed by atoms with Crippen LogP contribution in [0.25, 0.3) is 0 Å². The van der Waals surface area contributed by atoms with Crippen LogP contribution in [0.2, 0.25) is 0 Å². The molecule has 3 heterocycles. The molecule has 1 saturated heterocycles. The highest BCUT2D eigenvalue weighted by Gasteiger charge is 2.22. The largest absolute Gasteiger partial charge is 0.363 e. The van der Waals surface area contributed by atoms with Gasteiger partial charge in [0.25, 0.3) is 5.91 Å². The Morgan fingerprint density at radius 2 is 1.73 bits per heavy atom. The normalized spacial score (nSPS) is 14.8. The van der Waals surface area contributed by atoms with Crippen molar-refractivity contribution in [3.63, 3.8) is 0 Å². The number of anilines is 3. The van der Waals surface area contributed by atoms with Gasteiger partial charge in [-0.15, -0.1) is 12.4 Å². The van der Waals surface area contributed by atoms with Gasteiger partial charge in [0.05, 0.1) is 6.20 Å². The van der Waals surface area contributed by atoms with Gasteiger partial charge in [-0.25, -0.2) is 14.4 Å². The minimum Gasteiger partial charge on any atom is -0.363 e. The zero-order valence-electron chi connectivity index (χ0n) is 18.5. The summed E-state index contributed by atoms with van der Waals surface area (Å²) >= 11 is 0. The highest BCUT2D eigenvalue weighted by molar-refractivity contribution is 5.96. The molecule has 1 fully saturated rings. The number of nitrogens with zero attached hydrogens (tertiary/aromatic N) is 5. The number of aromatic nitrogens is 3. The van der Waals surface area contributed by atoms with E-state index in [2.05, 4.69) is 37.5 Å². The number of carbonyl (C=O) groups is 1. The van der Waals surface area contributed by atoms with E-state index in [0.29, 0.717) is 36.1 Å². The maximum atomic E-state index is 13.3. The molecule has 1 aromatic carbocycles. The van der Waals surface area contributed by atoms with E-state index in [1.54, 1.807) is 42.9 Å². The molecule has 4 rings (SSSR count). The maximum Gasteiger partial charge on any atom is 0.254 e. The maximum absolute atomic E-state index is 13.3. The van der Waals surface area contributed by atoms with Crippen LogP contribution >= 0.6 is 12.4 Å². The molecule has 1 atom stereocenters. The zero-order chi connectivity index (χ0) is 22.5. The van der Waals surface area contributed by atoms with Gasteiger partial charge >= 0.3 is 0 Å². The molecule has 1 aliphatic rings. The number of carbonyl (C=O) groups excluding carboxylic acids is 1. The molecule has 0 radical (unpaired) electrons. The Labute approximate surface area is 198 Å². The van der Waals surface area contributed by atoms with Crippen LogP contribution in [0.3, 0.4) is 0 Å². The third-order valence-corrected chi connectivity index (χ3v) is 5.42. The van der Waals surface area contributed by atoms with Crippen molar-refractivity contribution in [2.75, 3.05) is 43.9 Å². The Balaban J connectivity index is 0.00000306. The molecule has 10 heteroatoms. The van der Waals surface area contributed by atoms with Crippen LogP contribution in [0.15, 0.2) is 55.0 Å². The number of hydrogen-bond acceptors (Lipinski definition) is 7. The van der Waals surface area contributed by atoms with Crippen molar-refractivity contribution in [1.82, 2.24) is 24.8 Å². The standard InChI is InChI=1S/C23H26FN7O.ClH/c1-16(17-3-5-19(24)6-4-17)27-20-13-18(23(32)31-11-9-30(2)10-12-31)14-21(28-20)29-22-15-25-7-8-26-22;/h3-8,13-16H,9-12H2,1-2H3,(H2,26,27,28,29);1H/t16-;/m0./s1. The van der Waals surface area contributed by atoms with Crippen molar-refractivity contribution < 1.29 is 9.18 Å². The summed E-state index contributed by atoms with van der Waals surface area (Å²) in [5.74, 6) is 1.23. The van der Waals surface area contributed by atoms with Gasteiger partial charge in [-0.3, -0.25) is 9.78 Å². The third kappa shape index (κ3) is 6.36. The Bertz CT molecular complexity index is 1060. The first-order valence-corrected chi connectivity index (χ1v) is 10.5. The molecule has 1 aliphatic heterocycles. The molecule has 0 saturated carbocycles. The lowest BCUT2D eigenvalue weighted by molar-refractivity contribution is 0.0664. The van der Waals surface area contributed by atoms with Crippen molar-refractivity contribution in [3.8, 4) is 0 Å². The van der Waals surface area contributed by atoms with Crippen LogP contribution < -0.4 is 10.6 Å². The number of likely N-dealkylation sites (N-methyl/N-ethyl adjacent to an activating group) is 1. The van der Waals surface area contributed by atoms with Crippen LogP contribution in [0, 0.1) is 5.82 Å². The second-order valence-electron chi connectivity index (χ2n) is 7.86. The molecule has 8 nitrogen and oxygen atoms in total. The molecule has 3 aromatic rings. The highest BCUT2D eigenvalue weighted by atomic mass is 35.5. The highest BCUT2D eigenvalue weighted by Crippen LogP contribution is 2.23. The molecule has 0 bridgehead atoms. The van der Waals surface area contributed by atoms with Crippen molar-refractivity contribution in [1.29, 1.82) is 0 Å². The van der Waals surface area contributed by atoms with Crippen LogP contribution in [0.5, 0.6) is 0 Å². The molecule has 0 unspecified atom stereocenters. The van der Waals surface area contributed by atoms with E-state index >= 15 is 0 Å². The second kappa shape index (κ2) is 11.0. The average Bonchev–Trinajstić information content (AvgIpc) is 2.80. The number of hydrogen-bond donors (Lipinski definition) is 2. The van der Waals surface area contributed by atoms with Gasteiger partial charge in [-0.05, 0) is 43.8 Å². The summed E-state index contributed by atoms with van der Waals surface area (Å²) in [7, 11) is 2.05. The fourth-order valence-electron chi connectivity index (χ4n) is 3.54. The molecule has 174 valence electrons. The van der Waals surface area contributed by atoms with E-state index < -0.39 is 0 Å². The third-order valence-electron chi connectivity index (χ3n) is 5.42. The first kappa shape index (κ1) is 24.3. The van der Waals surface area contributed by atoms with Crippen molar-refractivity contribution in [3.05, 3.63) is 71.9 Å². The zero-order valence-corrected chi connectivity index (χ0v) is 19.3. The van der Waals surface area contributed by atoms with Gasteiger partial charge in [0.15, 0.2) is 0 Å². The molecule has 33 heavy (non-hydrogen) atoms. The number of nitrogens with one attached hydrogen (secondary N) is 2. The van der Waals surface area contributed by atoms with E-state index in [9.17, 15) is 9.18 Å². The number of halogens is 2. The lowest BCUT2D eigenvalue weighted by Crippen LogP contribution is -2.47. The Morgan fingerprint density at radius 3 is 2.39 bits per heavy atom. The van der Waals surface area contributed by atoms with Crippen LogP contribution in [-0.4, -0.2) is 63.9 Å². The number of rotatable bonds is 6. The predicted molar refractivity (Wildman–Crippen MR) is 129 cm³/mol. The Kier molecular flexibility index (Phi) is 8.13. The summed E-state index contributed by atoms with van der Waals surface area (Å²) in [4.78, 5) is 30.2. The first-order chi connectivity index (χ1) is 15.5. The number of benzene rings is 1. The van der Waals surface area contributed by atoms with E-state index in [1.807, 2.05) is 11.8 Å². The minimum absolute atomic E-state index is 0. The lowest BCUT2D eigenvalue weighted by atomic mass is 10.1. The van der Waals surface area contributed by atoms with E-state index in [4.69, 9.17) is 0 Å². The fraction of sp³-hybridized carbons (Fsp3) is 0.304. The van der Waals surface area contributed by atoms with Gasteiger partial charge < -0.3 is 20.4 Å². The first-order valence-electron chi connectivity index (χ1n) is 10.5. The molecule has 2 aromatic heterocycles. The summed E-state index contributed by atoms with van der Waals surface area (Å²) in [6.45, 7) is 5.00. The van der Waals surface area contributed by atoms with E-state index in [1.165, 1.54) is 12.1 Å². The molecule has 0 aliphatic carbocycles. The van der Waals surface area contributed by atoms with Gasteiger partial charge in [-0.2, -0.15) is 0 Å². The topological polar surface area (TPSA) is 86.3 Å². The SMILES string of the molecule is C[C@H](Nc1cc(C(=O)N2CCN(C)CC2)cc(Nc2cnccn2)n1)c1ccc(F)cc1.Cl. The molecular formula is C23H27ClFN7O. The minimum atomic E-state index is -0.283. The van der Waals surface area contributed by atoms with Gasteiger partial charge in [-0.1, -0.05) is 12.1 Å². The molecule has 1 amide bonds. The van der Waals surface area contributed by atoms with Gasteiger partial charge in [0, 0.05) is 50.2 Å². The van der Waals surface area contributed by atoms with Crippen molar-refractivity contribution in [2.45, 2.75) is 13.0 Å². The van der Waals surface area contributed by atoms with Crippen molar-refractivity contribution >= 4 is 35.8 Å². The molecular weight excluding hydrogens is 445 g/mol. The lowest BCUT2D eigenvalue weighted by Gasteiger charge is -2.32. The van der Waals surface area contributed by atoms with Crippen LogP contribution in [0.1, 0.15) is 28.9 Å². The summed E-state index contributed by atoms with van der Waals surface area (Å²) in [5, 5.41) is 6.44. The summed E-state index contributed by atoms with van der Waals surface area (Å²) in [6.07, 6.45) is 4.76. The summed E-state index contributed by atoms with van der Waals surface area (Å²) < 4.78 is 13.3. The number of pyridine rings is 1. The summed E-state index contributed by atoms with van der Waals surface area (Å²) in [6, 6.07) is 9.65. The summed E-state index contributed by atoms with van der Waals surface area (Å²) in [5.41, 5.74) is 1.44. The number of piperazine rings is 1. The van der Waals surface area contributed by atoms with Gasteiger partial charge in [0.2, 0.25) is 0 Å². The predicted octanol–water partition coefficient (Wildman–Crippen LogP) is 3.74. The second-order valence-corrected chi connectivity index (χ2v) is 7.86. The smallest absolute Gasteiger partial charge is 0.254 e. The monoisotopic (exact) mass is 471 g/mol. The Morgan fingerprint density at radius 1 is 1.03 bits per heavy atom. The molecule has 0 spiro atoms. The van der Waals surface area contributed by atoms with Gasteiger partial charge in [0.1, 0.15) is 23.3 Å². The van der Waals surface area contributed by atoms with E-state index in [0.717, 1.165) is 18.7 Å². The number of amides is 1. The van der Waals surface area contributed by atoms with Crippen LogP contribution in [0.4, 0.5) is 21.8 Å². The van der Waals surface area contributed by atoms with Crippen LogP contribution in [-0.2, 0) is 0 Å². The Hall–Kier alpha value is -3.30. The quantitative estimate of drug-likeness (QED) is 0.566. The van der Waals surface area contributed by atoms with Crippen molar-refractivity contribution in [2.24, 2.45) is 0 Å². The average molecular weight is 472 g/mol. The fourth-order valence-corrected chi connectivity index (χ4v) is 3.54.